The summed E-state index contributed by atoms with van der Waals surface area (Å²) in [5.41, 5.74) is 26.8. The van der Waals surface area contributed by atoms with Gasteiger partial charge in [-0.05, 0) is 193 Å². The summed E-state index contributed by atoms with van der Waals surface area (Å²) in [6, 6.07) is 76.1. The average Bonchev–Trinajstić information content (AvgIpc) is 1.48. The van der Waals surface area contributed by atoms with Crippen LogP contribution in [-0.4, -0.2) is 9.97 Å². The van der Waals surface area contributed by atoms with Crippen LogP contribution in [0, 0.1) is 13.8 Å². The maximum Gasteiger partial charge on any atom is 0.160 e. The predicted octanol–water partition coefficient (Wildman–Crippen LogP) is 22.2. The summed E-state index contributed by atoms with van der Waals surface area (Å²) in [5.74, 6) is 1.63. The van der Waals surface area contributed by atoms with Crippen molar-refractivity contribution in [3.8, 4) is 33.4 Å². The summed E-state index contributed by atoms with van der Waals surface area (Å²) in [5, 5.41) is 6.40. The van der Waals surface area contributed by atoms with Crippen molar-refractivity contribution in [1.82, 2.24) is 9.97 Å². The Balaban J connectivity index is 1.07. The lowest BCUT2D eigenvalue weighted by molar-refractivity contribution is 0.590. The van der Waals surface area contributed by atoms with Gasteiger partial charge in [-0.15, -0.1) is 0 Å². The fourth-order valence-corrected chi connectivity index (χ4v) is 15.5. The molecular formula is C82H62N4O3. The minimum absolute atomic E-state index is 0.0524. The van der Waals surface area contributed by atoms with E-state index < -0.39 is 5.41 Å². The second-order valence-corrected chi connectivity index (χ2v) is 26.9. The number of nitrogens with zero attached hydrogens (tertiary/aromatic N) is 4. The maximum absolute atomic E-state index is 7.53. The lowest BCUT2D eigenvalue weighted by Crippen LogP contribution is -2.27. The van der Waals surface area contributed by atoms with Crippen molar-refractivity contribution in [2.75, 3.05) is 9.80 Å². The molecule has 428 valence electrons. The number of aromatic nitrogens is 2. The summed E-state index contributed by atoms with van der Waals surface area (Å²) in [4.78, 5) is 15.4. The smallest absolute Gasteiger partial charge is 0.160 e. The summed E-state index contributed by atoms with van der Waals surface area (Å²) in [7, 11) is 0. The lowest BCUT2D eigenvalue weighted by Gasteiger charge is -2.34. The molecular weight excluding hydrogens is 1090 g/mol. The number of fused-ring (bicyclic) bond motifs is 26. The number of anilines is 6. The van der Waals surface area contributed by atoms with Gasteiger partial charge in [0.25, 0.3) is 0 Å². The van der Waals surface area contributed by atoms with E-state index in [0.717, 1.165) is 140 Å². The van der Waals surface area contributed by atoms with Crippen LogP contribution in [0.25, 0.3) is 99.2 Å². The Bertz CT molecular complexity index is 5380. The molecule has 10 aromatic carbocycles. The molecule has 0 unspecified atom stereocenters. The van der Waals surface area contributed by atoms with E-state index in [1.54, 1.807) is 0 Å². The topological polar surface area (TPSA) is 71.7 Å². The Kier molecular flexibility index (Phi) is 10.6. The van der Waals surface area contributed by atoms with Crippen LogP contribution in [0.5, 0.6) is 0 Å². The summed E-state index contributed by atoms with van der Waals surface area (Å²) >= 11 is 0. The first-order valence-corrected chi connectivity index (χ1v) is 31.1. The predicted molar refractivity (Wildman–Crippen MR) is 365 cm³/mol. The number of aryl methyl sites for hydroxylation is 2. The van der Waals surface area contributed by atoms with Gasteiger partial charge in [-0.2, -0.15) is 0 Å². The van der Waals surface area contributed by atoms with E-state index in [-0.39, 0.29) is 10.8 Å². The van der Waals surface area contributed by atoms with Gasteiger partial charge in [-0.25, -0.2) is 9.97 Å². The quantitative estimate of drug-likeness (QED) is 0.164. The van der Waals surface area contributed by atoms with E-state index in [2.05, 4.69) is 271 Å². The molecule has 7 heteroatoms. The molecule has 0 fully saturated rings. The standard InChI is InChI=1S/C82H62N4O3/c1-46-25-39-69(83-44-46)85(51-31-27-49(28-32-51)80(3,4)5)62-42-60-77(71-53-18-10-9-17-48(53)41-57(62)71)78-61(43-63(79-74(78)56-21-13-16-24-66(56)89-79)86(70-40-26-47(2)45-84-70)52-33-29-50(30-34-52)81(6,7)8)82(60)58-35-37-67-72(54-19-11-14-22-64(54)87-67)75(58)76-59(82)36-38-68-73(76)55-20-12-15-23-65(55)88-68/h9-40,42-45H,41H2,1-8H3. The van der Waals surface area contributed by atoms with Crippen molar-refractivity contribution in [3.05, 3.63) is 274 Å². The molecule has 0 N–H and O–H groups in total. The van der Waals surface area contributed by atoms with E-state index >= 15 is 0 Å². The highest BCUT2D eigenvalue weighted by molar-refractivity contribution is 6.27. The Morgan fingerprint density at radius 3 is 1.36 bits per heavy atom. The molecule has 7 nitrogen and oxygen atoms in total. The lowest BCUT2D eigenvalue weighted by atomic mass is 9.69. The highest BCUT2D eigenvalue weighted by Gasteiger charge is 2.56. The number of furan rings is 3. The molecule has 0 atom stereocenters. The van der Waals surface area contributed by atoms with Crippen molar-refractivity contribution in [2.45, 2.75) is 78.1 Å². The molecule has 0 bridgehead atoms. The van der Waals surface area contributed by atoms with Crippen molar-refractivity contribution < 1.29 is 13.3 Å². The molecule has 5 heterocycles. The first kappa shape index (κ1) is 51.7. The Morgan fingerprint density at radius 1 is 0.393 bits per heavy atom. The van der Waals surface area contributed by atoms with Crippen LogP contribution in [0.4, 0.5) is 34.4 Å². The molecule has 0 radical (unpaired) electrons. The number of benzene rings is 10. The van der Waals surface area contributed by atoms with Crippen LogP contribution in [0.2, 0.25) is 0 Å². The molecule has 0 aliphatic heterocycles. The highest BCUT2D eigenvalue weighted by Crippen LogP contribution is 2.71. The van der Waals surface area contributed by atoms with Crippen LogP contribution in [0.1, 0.15) is 97.2 Å². The van der Waals surface area contributed by atoms with Gasteiger partial charge < -0.3 is 13.3 Å². The fraction of sp³-hybridized carbons (Fsp3) is 0.146. The van der Waals surface area contributed by atoms with Gasteiger partial charge in [0.15, 0.2) is 5.58 Å². The minimum atomic E-state index is -0.998. The number of hydrogen-bond acceptors (Lipinski definition) is 7. The first-order chi connectivity index (χ1) is 43.2. The van der Waals surface area contributed by atoms with E-state index in [1.807, 2.05) is 12.4 Å². The third-order valence-electron chi connectivity index (χ3n) is 19.6. The molecule has 0 saturated carbocycles. The van der Waals surface area contributed by atoms with E-state index in [9.17, 15) is 0 Å². The van der Waals surface area contributed by atoms with Crippen LogP contribution < -0.4 is 9.80 Å². The number of rotatable bonds is 6. The van der Waals surface area contributed by atoms with E-state index in [1.165, 1.54) is 55.6 Å². The summed E-state index contributed by atoms with van der Waals surface area (Å²) in [6.45, 7) is 17.9. The van der Waals surface area contributed by atoms with Crippen molar-refractivity contribution in [1.29, 1.82) is 0 Å². The molecule has 1 spiro atoms. The highest BCUT2D eigenvalue weighted by atomic mass is 16.3. The summed E-state index contributed by atoms with van der Waals surface area (Å²) < 4.78 is 21.5. The van der Waals surface area contributed by atoms with Gasteiger partial charge in [-0.3, -0.25) is 9.80 Å². The zero-order valence-corrected chi connectivity index (χ0v) is 51.0. The van der Waals surface area contributed by atoms with E-state index in [4.69, 9.17) is 23.2 Å². The number of pyridine rings is 2. The van der Waals surface area contributed by atoms with Crippen LogP contribution in [0.3, 0.4) is 0 Å². The largest absolute Gasteiger partial charge is 0.456 e. The van der Waals surface area contributed by atoms with Crippen molar-refractivity contribution >= 4 is 100 Å². The molecule has 0 amide bonds. The van der Waals surface area contributed by atoms with Gasteiger partial charge in [0.1, 0.15) is 39.6 Å². The second kappa shape index (κ2) is 18.3. The Labute approximate surface area is 516 Å². The fourth-order valence-electron chi connectivity index (χ4n) is 15.5. The number of para-hydroxylation sites is 3. The van der Waals surface area contributed by atoms with Crippen LogP contribution >= 0.6 is 0 Å². The Morgan fingerprint density at radius 2 is 0.843 bits per heavy atom. The van der Waals surface area contributed by atoms with Crippen molar-refractivity contribution in [2.24, 2.45) is 0 Å². The van der Waals surface area contributed by atoms with Crippen LogP contribution in [-0.2, 0) is 22.7 Å². The molecule has 3 aliphatic carbocycles. The average molecular weight is 1150 g/mol. The van der Waals surface area contributed by atoms with Gasteiger partial charge in [0, 0.05) is 62.5 Å². The van der Waals surface area contributed by atoms with Gasteiger partial charge in [-0.1, -0.05) is 169 Å². The molecule has 18 rings (SSSR count). The second-order valence-electron chi connectivity index (χ2n) is 26.9. The SMILES string of the molecule is Cc1ccc(N(c2ccc(C(C)(C)C)cc2)c2cc3c(c4c2Cc2ccccc2-4)-c2c(cc(N(c4ccc(C(C)(C)C)cc4)c4ccc(C)cn4)c4oc5ccccc5c24)C32c3ccc4oc5ccccc5c4c3-c3c2ccc2oc4ccccc4c32)nc1. The third-order valence-corrected chi connectivity index (χ3v) is 19.6. The molecule has 5 aromatic heterocycles. The molecule has 89 heavy (non-hydrogen) atoms. The molecule has 3 aliphatic rings. The summed E-state index contributed by atoms with van der Waals surface area (Å²) in [6.07, 6.45) is 4.70. The molecule has 0 saturated heterocycles. The minimum Gasteiger partial charge on any atom is -0.456 e. The van der Waals surface area contributed by atoms with Gasteiger partial charge >= 0.3 is 0 Å². The third kappa shape index (κ3) is 7.21. The van der Waals surface area contributed by atoms with Gasteiger partial charge in [0.05, 0.1) is 16.8 Å². The van der Waals surface area contributed by atoms with Crippen LogP contribution in [0.15, 0.2) is 232 Å². The zero-order valence-electron chi connectivity index (χ0n) is 51.0. The zero-order chi connectivity index (χ0) is 60.0. The monoisotopic (exact) mass is 1150 g/mol. The maximum atomic E-state index is 7.53. The molecule has 15 aromatic rings. The van der Waals surface area contributed by atoms with Gasteiger partial charge in [0.2, 0.25) is 0 Å². The number of hydrogen-bond donors (Lipinski definition) is 0. The normalized spacial score (nSPS) is 13.7. The van der Waals surface area contributed by atoms with E-state index in [0.29, 0.717) is 0 Å². The first-order valence-electron chi connectivity index (χ1n) is 31.1. The van der Waals surface area contributed by atoms with Crippen molar-refractivity contribution in [3.63, 3.8) is 0 Å². The Hall–Kier alpha value is -10.5.